The molecule has 1 fully saturated rings. The van der Waals surface area contributed by atoms with Crippen LogP contribution in [0.4, 0.5) is 0 Å². The zero-order chi connectivity index (χ0) is 9.10. The Labute approximate surface area is 78.3 Å². The third-order valence-corrected chi connectivity index (χ3v) is 2.88. The lowest BCUT2D eigenvalue weighted by molar-refractivity contribution is 0.247. The summed E-state index contributed by atoms with van der Waals surface area (Å²) in [7, 11) is 0. The van der Waals surface area contributed by atoms with E-state index in [1.807, 2.05) is 12.1 Å². The van der Waals surface area contributed by atoms with E-state index in [9.17, 15) is 0 Å². The molecule has 1 atom stereocenters. The highest BCUT2D eigenvalue weighted by molar-refractivity contribution is 5.04. The molecule has 0 saturated heterocycles. The summed E-state index contributed by atoms with van der Waals surface area (Å²) in [6.45, 7) is 0. The highest BCUT2D eigenvalue weighted by Gasteiger charge is 2.23. The Kier molecular flexibility index (Phi) is 2.66. The maximum absolute atomic E-state index is 5.48. The van der Waals surface area contributed by atoms with Gasteiger partial charge in [0, 0.05) is 0 Å². The van der Waals surface area contributed by atoms with Crippen LogP contribution >= 0.6 is 0 Å². The third-order valence-electron chi connectivity index (χ3n) is 2.88. The minimum atomic E-state index is 0.195. The number of hydrogen-bond donors (Lipinski definition) is 2. The molecule has 3 nitrogen and oxygen atoms in total. The molecule has 1 saturated carbocycles. The third kappa shape index (κ3) is 1.92. The monoisotopic (exact) mass is 180 g/mol. The second kappa shape index (κ2) is 3.94. The molecule has 1 aliphatic rings. The van der Waals surface area contributed by atoms with Crippen molar-refractivity contribution in [1.29, 1.82) is 0 Å². The lowest BCUT2D eigenvalue weighted by Gasteiger charge is -2.28. The predicted molar refractivity (Wildman–Crippen MR) is 50.7 cm³/mol. The summed E-state index contributed by atoms with van der Waals surface area (Å²) in [5, 5.41) is 0. The van der Waals surface area contributed by atoms with Crippen molar-refractivity contribution >= 4 is 0 Å². The standard InChI is InChI=1S/C10H16N2O/c11-12-9(7-8-3-1-4-8)10-5-2-6-13-10/h2,5-6,8-9,12H,1,3-4,7,11H2. The summed E-state index contributed by atoms with van der Waals surface area (Å²) >= 11 is 0. The number of hydrogen-bond acceptors (Lipinski definition) is 3. The summed E-state index contributed by atoms with van der Waals surface area (Å²) < 4.78 is 5.31. The van der Waals surface area contributed by atoms with E-state index in [0.29, 0.717) is 0 Å². The fourth-order valence-corrected chi connectivity index (χ4v) is 1.82. The summed E-state index contributed by atoms with van der Waals surface area (Å²) in [4.78, 5) is 0. The van der Waals surface area contributed by atoms with Gasteiger partial charge in [-0.15, -0.1) is 0 Å². The minimum Gasteiger partial charge on any atom is -0.468 e. The maximum Gasteiger partial charge on any atom is 0.122 e. The van der Waals surface area contributed by atoms with Crippen LogP contribution in [0.1, 0.15) is 37.5 Å². The van der Waals surface area contributed by atoms with E-state index in [1.165, 1.54) is 19.3 Å². The molecule has 0 bridgehead atoms. The highest BCUT2D eigenvalue weighted by atomic mass is 16.3. The van der Waals surface area contributed by atoms with Crippen LogP contribution in [0.25, 0.3) is 0 Å². The van der Waals surface area contributed by atoms with E-state index < -0.39 is 0 Å². The molecule has 1 unspecified atom stereocenters. The summed E-state index contributed by atoms with van der Waals surface area (Å²) in [6, 6.07) is 4.07. The van der Waals surface area contributed by atoms with Gasteiger partial charge >= 0.3 is 0 Å². The van der Waals surface area contributed by atoms with Crippen molar-refractivity contribution < 1.29 is 4.42 Å². The molecule has 1 aromatic heterocycles. The molecule has 3 heteroatoms. The molecule has 0 radical (unpaired) electrons. The van der Waals surface area contributed by atoms with Crippen LogP contribution in [-0.2, 0) is 0 Å². The van der Waals surface area contributed by atoms with Crippen LogP contribution in [0.3, 0.4) is 0 Å². The van der Waals surface area contributed by atoms with E-state index >= 15 is 0 Å². The van der Waals surface area contributed by atoms with Gasteiger partial charge in [-0.2, -0.15) is 0 Å². The first-order valence-electron chi connectivity index (χ1n) is 4.89. The highest BCUT2D eigenvalue weighted by Crippen LogP contribution is 2.34. The molecule has 0 aromatic carbocycles. The normalized spacial score (nSPS) is 19.8. The Hall–Kier alpha value is -0.800. The molecule has 1 aliphatic carbocycles. The topological polar surface area (TPSA) is 51.2 Å². The molecule has 3 N–H and O–H groups in total. The van der Waals surface area contributed by atoms with Gasteiger partial charge in [0.15, 0.2) is 0 Å². The number of furan rings is 1. The van der Waals surface area contributed by atoms with Gasteiger partial charge < -0.3 is 4.42 Å². The predicted octanol–water partition coefficient (Wildman–Crippen LogP) is 1.97. The van der Waals surface area contributed by atoms with Gasteiger partial charge in [0.2, 0.25) is 0 Å². The number of nitrogens with one attached hydrogen (secondary N) is 1. The zero-order valence-electron chi connectivity index (χ0n) is 7.70. The Morgan fingerprint density at radius 1 is 1.62 bits per heavy atom. The molecule has 0 spiro atoms. The lowest BCUT2D eigenvalue weighted by atomic mass is 9.80. The molecular weight excluding hydrogens is 164 g/mol. The Bertz CT molecular complexity index is 241. The van der Waals surface area contributed by atoms with Gasteiger partial charge in [0.1, 0.15) is 5.76 Å². The first-order chi connectivity index (χ1) is 6.40. The molecule has 2 rings (SSSR count). The SMILES string of the molecule is NNC(CC1CCC1)c1ccco1. The van der Waals surface area contributed by atoms with Crippen LogP contribution in [-0.4, -0.2) is 0 Å². The average molecular weight is 180 g/mol. The van der Waals surface area contributed by atoms with Crippen molar-refractivity contribution in [1.82, 2.24) is 5.43 Å². The van der Waals surface area contributed by atoms with Gasteiger partial charge in [-0.3, -0.25) is 5.84 Å². The molecular formula is C10H16N2O. The molecule has 1 aromatic rings. The number of hydrazine groups is 1. The van der Waals surface area contributed by atoms with Crippen molar-refractivity contribution in [3.05, 3.63) is 24.2 Å². The maximum atomic E-state index is 5.48. The van der Waals surface area contributed by atoms with Gasteiger partial charge in [-0.05, 0) is 24.5 Å². The van der Waals surface area contributed by atoms with E-state index in [2.05, 4.69) is 5.43 Å². The van der Waals surface area contributed by atoms with E-state index in [-0.39, 0.29) is 6.04 Å². The molecule has 13 heavy (non-hydrogen) atoms. The Morgan fingerprint density at radius 3 is 2.92 bits per heavy atom. The van der Waals surface area contributed by atoms with Crippen molar-refractivity contribution in [2.45, 2.75) is 31.7 Å². The van der Waals surface area contributed by atoms with Crippen LogP contribution in [0.15, 0.2) is 22.8 Å². The molecule has 0 amide bonds. The van der Waals surface area contributed by atoms with Gasteiger partial charge in [-0.1, -0.05) is 19.3 Å². The van der Waals surface area contributed by atoms with Crippen molar-refractivity contribution in [3.8, 4) is 0 Å². The van der Waals surface area contributed by atoms with Gasteiger partial charge in [0.05, 0.1) is 12.3 Å². The smallest absolute Gasteiger partial charge is 0.122 e. The lowest BCUT2D eigenvalue weighted by Crippen LogP contribution is -2.30. The second-order valence-corrected chi connectivity index (χ2v) is 3.77. The van der Waals surface area contributed by atoms with Gasteiger partial charge in [-0.25, -0.2) is 5.43 Å². The first-order valence-corrected chi connectivity index (χ1v) is 4.89. The molecule has 72 valence electrons. The number of rotatable bonds is 4. The summed E-state index contributed by atoms with van der Waals surface area (Å²) in [6.07, 6.45) is 6.86. The first kappa shape index (κ1) is 8.78. The van der Waals surface area contributed by atoms with Crippen LogP contribution in [0.2, 0.25) is 0 Å². The van der Waals surface area contributed by atoms with Crippen molar-refractivity contribution in [3.63, 3.8) is 0 Å². The van der Waals surface area contributed by atoms with Crippen molar-refractivity contribution in [2.75, 3.05) is 0 Å². The van der Waals surface area contributed by atoms with Crippen LogP contribution in [0.5, 0.6) is 0 Å². The van der Waals surface area contributed by atoms with E-state index in [1.54, 1.807) is 6.26 Å². The molecule has 1 heterocycles. The van der Waals surface area contributed by atoms with Gasteiger partial charge in [0.25, 0.3) is 0 Å². The Morgan fingerprint density at radius 2 is 2.46 bits per heavy atom. The second-order valence-electron chi connectivity index (χ2n) is 3.77. The average Bonchev–Trinajstić information content (AvgIpc) is 2.55. The fourth-order valence-electron chi connectivity index (χ4n) is 1.82. The summed E-state index contributed by atoms with van der Waals surface area (Å²) in [5.74, 6) is 7.27. The Balaban J connectivity index is 1.92. The quantitative estimate of drug-likeness (QED) is 0.550. The summed E-state index contributed by atoms with van der Waals surface area (Å²) in [5.41, 5.74) is 2.81. The zero-order valence-corrected chi connectivity index (χ0v) is 7.70. The van der Waals surface area contributed by atoms with Crippen molar-refractivity contribution in [2.24, 2.45) is 11.8 Å². The fraction of sp³-hybridized carbons (Fsp3) is 0.600. The van der Waals surface area contributed by atoms with Crippen LogP contribution < -0.4 is 11.3 Å². The largest absolute Gasteiger partial charge is 0.468 e. The number of nitrogens with two attached hydrogens (primary N) is 1. The van der Waals surface area contributed by atoms with E-state index in [0.717, 1.165) is 18.1 Å². The molecule has 0 aliphatic heterocycles. The minimum absolute atomic E-state index is 0.195. The van der Waals surface area contributed by atoms with E-state index in [4.69, 9.17) is 10.3 Å². The van der Waals surface area contributed by atoms with Crippen LogP contribution in [0, 0.1) is 5.92 Å².